The summed E-state index contributed by atoms with van der Waals surface area (Å²) in [7, 11) is -3.66. The highest BCUT2D eigenvalue weighted by Gasteiger charge is 2.27. The number of hydrogen-bond acceptors (Lipinski definition) is 5. The molecule has 0 fully saturated rings. The summed E-state index contributed by atoms with van der Waals surface area (Å²) in [6.07, 6.45) is 1.27. The summed E-state index contributed by atoms with van der Waals surface area (Å²) in [6, 6.07) is 3.06. The molecule has 15 heavy (non-hydrogen) atoms. The summed E-state index contributed by atoms with van der Waals surface area (Å²) < 4.78 is 23.6. The molecule has 1 aromatic heterocycles. The van der Waals surface area contributed by atoms with Crippen LogP contribution in [-0.4, -0.2) is 29.7 Å². The van der Waals surface area contributed by atoms with Crippen LogP contribution in [0.1, 0.15) is 12.5 Å². The normalized spacial score (nSPS) is 13.1. The van der Waals surface area contributed by atoms with Gasteiger partial charge in [0.05, 0.1) is 17.0 Å². The highest BCUT2D eigenvalue weighted by molar-refractivity contribution is 7.92. The van der Waals surface area contributed by atoms with Gasteiger partial charge in [-0.3, -0.25) is 0 Å². The van der Waals surface area contributed by atoms with Crippen molar-refractivity contribution in [3.63, 3.8) is 0 Å². The molecule has 5 nitrogen and oxygen atoms in total. The van der Waals surface area contributed by atoms with E-state index in [2.05, 4.69) is 10.2 Å². The van der Waals surface area contributed by atoms with Crippen molar-refractivity contribution in [3.05, 3.63) is 17.8 Å². The first-order valence-electron chi connectivity index (χ1n) is 4.05. The first-order chi connectivity index (χ1) is 7.04. The van der Waals surface area contributed by atoms with E-state index in [0.29, 0.717) is 0 Å². The van der Waals surface area contributed by atoms with Crippen LogP contribution in [0.2, 0.25) is 0 Å². The molecule has 1 heterocycles. The summed E-state index contributed by atoms with van der Waals surface area (Å²) in [5.74, 6) is -0.0518. The lowest BCUT2D eigenvalue weighted by molar-refractivity contribution is 0.581. The molecule has 1 unspecified atom stereocenters. The summed E-state index contributed by atoms with van der Waals surface area (Å²) in [6.45, 7) is 1.46. The molecule has 0 saturated carbocycles. The first kappa shape index (κ1) is 11.9. The van der Waals surface area contributed by atoms with Crippen LogP contribution in [0.5, 0.6) is 0 Å². The van der Waals surface area contributed by atoms with E-state index in [0.717, 1.165) is 0 Å². The van der Waals surface area contributed by atoms with Crippen molar-refractivity contribution >= 4 is 21.4 Å². The topological polar surface area (TPSA) is 83.7 Å². The number of sulfone groups is 1. The van der Waals surface area contributed by atoms with E-state index >= 15 is 0 Å². The monoisotopic (exact) mass is 245 g/mol. The fraction of sp³-hybridized carbons (Fsp3) is 0.375. The number of aromatic nitrogens is 2. The zero-order valence-corrected chi connectivity index (χ0v) is 9.46. The second-order valence-corrected chi connectivity index (χ2v) is 5.46. The molecule has 0 N–H and O–H groups in total. The van der Waals surface area contributed by atoms with Crippen LogP contribution in [-0.2, 0) is 9.84 Å². The maximum atomic E-state index is 11.8. The Bertz CT molecular complexity index is 495. The fourth-order valence-corrected chi connectivity index (χ4v) is 2.51. The van der Waals surface area contributed by atoms with E-state index in [4.69, 9.17) is 16.9 Å². The lowest BCUT2D eigenvalue weighted by atomic mass is 10.3. The number of halogens is 1. The number of hydrogen-bond donors (Lipinski definition) is 0. The molecule has 7 heteroatoms. The van der Waals surface area contributed by atoms with E-state index in [1.165, 1.54) is 19.2 Å². The van der Waals surface area contributed by atoms with Crippen LogP contribution in [0.15, 0.2) is 17.3 Å². The lowest BCUT2D eigenvalue weighted by Crippen LogP contribution is -2.22. The number of rotatable bonds is 3. The molecule has 1 atom stereocenters. The van der Waals surface area contributed by atoms with Crippen molar-refractivity contribution in [1.29, 1.82) is 5.26 Å². The molecule has 0 aliphatic rings. The smallest absolute Gasteiger partial charge is 0.202 e. The van der Waals surface area contributed by atoms with Crippen molar-refractivity contribution < 1.29 is 8.42 Å². The summed E-state index contributed by atoms with van der Waals surface area (Å²) >= 11 is 5.47. The Labute approximate surface area is 92.6 Å². The van der Waals surface area contributed by atoms with Gasteiger partial charge in [-0.1, -0.05) is 0 Å². The Morgan fingerprint density at radius 3 is 2.87 bits per heavy atom. The third-order valence-electron chi connectivity index (χ3n) is 1.82. The Kier molecular flexibility index (Phi) is 3.61. The molecule has 0 bridgehead atoms. The molecule has 0 spiro atoms. The first-order valence-corrected chi connectivity index (χ1v) is 6.13. The standard InChI is InChI=1S/C8H8ClN3O2S/c1-6(4-9)15(13,14)8-7(5-10)2-3-11-12-8/h2-3,6H,4H2,1H3. The molecule has 0 amide bonds. The maximum absolute atomic E-state index is 11.8. The minimum atomic E-state index is -3.66. The van der Waals surface area contributed by atoms with Gasteiger partial charge in [0, 0.05) is 5.88 Å². The minimum Gasteiger partial charge on any atom is -0.222 e. The van der Waals surface area contributed by atoms with Crippen molar-refractivity contribution in [2.45, 2.75) is 17.2 Å². The largest absolute Gasteiger partial charge is 0.222 e. The van der Waals surface area contributed by atoms with E-state index in [1.807, 2.05) is 0 Å². The summed E-state index contributed by atoms with van der Waals surface area (Å²) in [5.41, 5.74) is -0.0121. The van der Waals surface area contributed by atoms with Crippen LogP contribution in [0.3, 0.4) is 0 Å². The summed E-state index contributed by atoms with van der Waals surface area (Å²) in [4.78, 5) is 0. The minimum absolute atomic E-state index is 0.0121. The molecular weight excluding hydrogens is 238 g/mol. The molecule has 0 aromatic carbocycles. The molecule has 1 aromatic rings. The average Bonchev–Trinajstić information content (AvgIpc) is 2.27. The van der Waals surface area contributed by atoms with E-state index in [9.17, 15) is 8.42 Å². The Morgan fingerprint density at radius 1 is 1.67 bits per heavy atom. The second-order valence-electron chi connectivity index (χ2n) is 2.87. The van der Waals surface area contributed by atoms with Crippen molar-refractivity contribution in [2.24, 2.45) is 0 Å². The van der Waals surface area contributed by atoms with Crippen LogP contribution in [0.4, 0.5) is 0 Å². The Hall–Kier alpha value is -1.19. The predicted molar refractivity (Wildman–Crippen MR) is 54.1 cm³/mol. The van der Waals surface area contributed by atoms with Gasteiger partial charge in [-0.05, 0) is 13.0 Å². The van der Waals surface area contributed by atoms with Crippen LogP contribution in [0, 0.1) is 11.3 Å². The van der Waals surface area contributed by atoms with Gasteiger partial charge in [0.2, 0.25) is 9.84 Å². The van der Waals surface area contributed by atoms with Gasteiger partial charge >= 0.3 is 0 Å². The average molecular weight is 246 g/mol. The van der Waals surface area contributed by atoms with Crippen molar-refractivity contribution in [3.8, 4) is 6.07 Å². The van der Waals surface area contributed by atoms with Crippen LogP contribution >= 0.6 is 11.6 Å². The Morgan fingerprint density at radius 2 is 2.33 bits per heavy atom. The SMILES string of the molecule is CC(CCl)S(=O)(=O)c1nnccc1C#N. The third kappa shape index (κ3) is 2.25. The van der Waals surface area contributed by atoms with Gasteiger partial charge < -0.3 is 0 Å². The summed E-state index contributed by atoms with van der Waals surface area (Å²) in [5, 5.41) is 14.6. The van der Waals surface area contributed by atoms with Crippen molar-refractivity contribution in [1.82, 2.24) is 10.2 Å². The molecule has 80 valence electrons. The molecule has 0 aliphatic carbocycles. The van der Waals surface area contributed by atoms with E-state index < -0.39 is 15.1 Å². The van der Waals surface area contributed by atoms with Gasteiger partial charge in [-0.2, -0.15) is 10.4 Å². The van der Waals surface area contributed by atoms with Gasteiger partial charge in [0.1, 0.15) is 6.07 Å². The molecule has 0 saturated heterocycles. The highest BCUT2D eigenvalue weighted by atomic mass is 35.5. The second kappa shape index (κ2) is 4.55. The number of alkyl halides is 1. The van der Waals surface area contributed by atoms with Gasteiger partial charge in [-0.15, -0.1) is 16.7 Å². The maximum Gasteiger partial charge on any atom is 0.202 e. The van der Waals surface area contributed by atoms with Crippen molar-refractivity contribution in [2.75, 3.05) is 5.88 Å². The van der Waals surface area contributed by atoms with Gasteiger partial charge in [0.15, 0.2) is 5.03 Å². The third-order valence-corrected chi connectivity index (χ3v) is 4.54. The molecule has 0 aliphatic heterocycles. The lowest BCUT2D eigenvalue weighted by Gasteiger charge is -2.08. The highest BCUT2D eigenvalue weighted by Crippen LogP contribution is 2.17. The van der Waals surface area contributed by atoms with E-state index in [1.54, 1.807) is 6.07 Å². The van der Waals surface area contributed by atoms with Gasteiger partial charge in [0.25, 0.3) is 0 Å². The van der Waals surface area contributed by atoms with Crippen LogP contribution < -0.4 is 0 Å². The quantitative estimate of drug-likeness (QED) is 0.734. The number of nitrogens with zero attached hydrogens (tertiary/aromatic N) is 3. The number of nitriles is 1. The molecular formula is C8H8ClN3O2S. The zero-order chi connectivity index (χ0) is 11.5. The molecule has 1 rings (SSSR count). The zero-order valence-electron chi connectivity index (χ0n) is 7.88. The molecule has 0 radical (unpaired) electrons. The predicted octanol–water partition coefficient (Wildman–Crippen LogP) is 0.749. The van der Waals surface area contributed by atoms with E-state index in [-0.39, 0.29) is 16.5 Å². The fourth-order valence-electron chi connectivity index (χ4n) is 0.888. The Balaban J connectivity index is 3.35. The van der Waals surface area contributed by atoms with Gasteiger partial charge in [-0.25, -0.2) is 8.42 Å². The van der Waals surface area contributed by atoms with Crippen LogP contribution in [0.25, 0.3) is 0 Å².